The number of aromatic amines is 1. The molecule has 0 bridgehead atoms. The second kappa shape index (κ2) is 8.30. The number of hydrogen-bond acceptors (Lipinski definition) is 4. The quantitative estimate of drug-likeness (QED) is 0.689. The van der Waals surface area contributed by atoms with Gasteiger partial charge in [-0.2, -0.15) is 0 Å². The van der Waals surface area contributed by atoms with Crippen LogP contribution in [0.5, 0.6) is 5.75 Å². The van der Waals surface area contributed by atoms with Crippen molar-refractivity contribution in [3.05, 3.63) is 59.7 Å². The van der Waals surface area contributed by atoms with Crippen LogP contribution < -0.4 is 4.74 Å². The van der Waals surface area contributed by atoms with Gasteiger partial charge in [-0.1, -0.05) is 18.2 Å². The van der Waals surface area contributed by atoms with Crippen LogP contribution in [0.2, 0.25) is 0 Å². The maximum atomic E-state index is 13.5. The molecule has 1 aromatic heterocycles. The van der Waals surface area contributed by atoms with E-state index in [-0.39, 0.29) is 23.9 Å². The number of amides is 1. The van der Waals surface area contributed by atoms with Crippen LogP contribution in [0, 0.1) is 5.82 Å². The van der Waals surface area contributed by atoms with E-state index in [1.165, 1.54) is 12.1 Å². The number of nitrogens with one attached hydrogen (secondary N) is 1. The minimum absolute atomic E-state index is 0.0740. The first kappa shape index (κ1) is 20.0. The third-order valence-electron chi connectivity index (χ3n) is 6.20. The topological polar surface area (TPSA) is 61.5 Å². The lowest BCUT2D eigenvalue weighted by Gasteiger charge is -2.26. The maximum Gasteiger partial charge on any atom is 0.224 e. The monoisotopic (exact) mass is 422 g/mol. The average molecular weight is 423 g/mol. The molecule has 5 rings (SSSR count). The van der Waals surface area contributed by atoms with Gasteiger partial charge in [0, 0.05) is 38.2 Å². The SMILES string of the molecule is CC1CN(CCC(=O)N2CCCC2c2nc3ccc(F)cc3[nH]2)Cc2ccccc2O1. The van der Waals surface area contributed by atoms with Crippen LogP contribution in [0.25, 0.3) is 11.0 Å². The molecule has 2 atom stereocenters. The first-order valence-electron chi connectivity index (χ1n) is 11.0. The number of fused-ring (bicyclic) bond motifs is 2. The van der Waals surface area contributed by atoms with Gasteiger partial charge in [0.2, 0.25) is 5.91 Å². The Hall–Kier alpha value is -2.93. The van der Waals surface area contributed by atoms with Crippen LogP contribution in [0.15, 0.2) is 42.5 Å². The smallest absolute Gasteiger partial charge is 0.224 e. The number of benzene rings is 2. The van der Waals surface area contributed by atoms with Crippen LogP contribution in [-0.4, -0.2) is 51.4 Å². The van der Waals surface area contributed by atoms with Crippen LogP contribution in [0.4, 0.5) is 4.39 Å². The van der Waals surface area contributed by atoms with E-state index in [1.807, 2.05) is 23.1 Å². The summed E-state index contributed by atoms with van der Waals surface area (Å²) in [5.41, 5.74) is 2.56. The molecule has 162 valence electrons. The molecule has 1 N–H and O–H groups in total. The van der Waals surface area contributed by atoms with Crippen molar-refractivity contribution in [2.75, 3.05) is 19.6 Å². The van der Waals surface area contributed by atoms with Gasteiger partial charge >= 0.3 is 0 Å². The summed E-state index contributed by atoms with van der Waals surface area (Å²) in [6.45, 7) is 5.07. The normalized spacial score (nSPS) is 21.7. The van der Waals surface area contributed by atoms with Gasteiger partial charge in [0.1, 0.15) is 23.5 Å². The van der Waals surface area contributed by atoms with Crippen molar-refractivity contribution in [3.63, 3.8) is 0 Å². The first-order valence-corrected chi connectivity index (χ1v) is 11.0. The molecule has 3 heterocycles. The Morgan fingerprint density at radius 3 is 3.06 bits per heavy atom. The van der Waals surface area contributed by atoms with Crippen molar-refractivity contribution < 1.29 is 13.9 Å². The Balaban J connectivity index is 1.26. The highest BCUT2D eigenvalue weighted by molar-refractivity contribution is 5.78. The zero-order valence-corrected chi connectivity index (χ0v) is 17.7. The minimum atomic E-state index is -0.292. The van der Waals surface area contributed by atoms with E-state index < -0.39 is 0 Å². The van der Waals surface area contributed by atoms with Gasteiger partial charge in [-0.05, 0) is 44.0 Å². The van der Waals surface area contributed by atoms with Crippen molar-refractivity contribution in [3.8, 4) is 5.75 Å². The number of H-pyrrole nitrogens is 1. The molecule has 0 radical (unpaired) electrons. The van der Waals surface area contributed by atoms with E-state index in [2.05, 4.69) is 27.9 Å². The number of likely N-dealkylation sites (tertiary alicyclic amines) is 1. The molecule has 7 heteroatoms. The van der Waals surface area contributed by atoms with E-state index >= 15 is 0 Å². The largest absolute Gasteiger partial charge is 0.489 e. The molecule has 1 fully saturated rings. The fourth-order valence-corrected chi connectivity index (χ4v) is 4.75. The number of carbonyl (C=O) groups excluding carboxylic acids is 1. The summed E-state index contributed by atoms with van der Waals surface area (Å²) in [5.74, 6) is 1.53. The standard InChI is InChI=1S/C24H27FN4O2/c1-16-14-28(15-17-5-2-3-7-22(17)31-16)12-10-23(30)29-11-4-6-21(29)24-26-19-9-8-18(25)13-20(19)27-24/h2-3,5,7-9,13,16,21H,4,6,10-12,14-15H2,1H3,(H,26,27). The van der Waals surface area contributed by atoms with Gasteiger partial charge in [-0.15, -0.1) is 0 Å². The second-order valence-electron chi connectivity index (χ2n) is 8.55. The molecule has 0 spiro atoms. The highest BCUT2D eigenvalue weighted by Gasteiger charge is 2.32. The molecule has 3 aromatic rings. The molecule has 0 saturated carbocycles. The first-order chi connectivity index (χ1) is 15.1. The van der Waals surface area contributed by atoms with Gasteiger partial charge in [0.05, 0.1) is 17.1 Å². The number of hydrogen-bond donors (Lipinski definition) is 1. The van der Waals surface area contributed by atoms with Crippen molar-refractivity contribution in [1.29, 1.82) is 0 Å². The Bertz CT molecular complexity index is 1100. The van der Waals surface area contributed by atoms with E-state index in [4.69, 9.17) is 4.74 Å². The van der Waals surface area contributed by atoms with E-state index in [0.717, 1.165) is 55.1 Å². The Kier molecular flexibility index (Phi) is 5.36. The highest BCUT2D eigenvalue weighted by Crippen LogP contribution is 2.32. The zero-order valence-electron chi connectivity index (χ0n) is 17.7. The molecule has 2 aromatic carbocycles. The number of halogens is 1. The van der Waals surface area contributed by atoms with Gasteiger partial charge in [0.15, 0.2) is 0 Å². The predicted octanol–water partition coefficient (Wildman–Crippen LogP) is 4.04. The number of nitrogens with zero attached hydrogens (tertiary/aromatic N) is 3. The predicted molar refractivity (Wildman–Crippen MR) is 116 cm³/mol. The number of para-hydroxylation sites is 1. The molecule has 2 aliphatic heterocycles. The summed E-state index contributed by atoms with van der Waals surface area (Å²) in [4.78, 5) is 25.2. The number of rotatable bonds is 4. The molecular weight excluding hydrogens is 395 g/mol. The van der Waals surface area contributed by atoms with Gasteiger partial charge in [-0.3, -0.25) is 9.69 Å². The fourth-order valence-electron chi connectivity index (χ4n) is 4.75. The third-order valence-corrected chi connectivity index (χ3v) is 6.20. The number of imidazole rings is 1. The molecule has 2 unspecified atom stereocenters. The number of aromatic nitrogens is 2. The average Bonchev–Trinajstić information content (AvgIpc) is 3.35. The number of ether oxygens (including phenoxy) is 1. The second-order valence-corrected chi connectivity index (χ2v) is 8.55. The van der Waals surface area contributed by atoms with Gasteiger partial charge in [-0.25, -0.2) is 9.37 Å². The molecule has 0 aliphatic carbocycles. The summed E-state index contributed by atoms with van der Waals surface area (Å²) in [6.07, 6.45) is 2.36. The lowest BCUT2D eigenvalue weighted by atomic mass is 10.2. The van der Waals surface area contributed by atoms with Crippen molar-refractivity contribution in [2.24, 2.45) is 0 Å². The van der Waals surface area contributed by atoms with E-state index in [0.29, 0.717) is 18.5 Å². The Morgan fingerprint density at radius 2 is 2.16 bits per heavy atom. The summed E-state index contributed by atoms with van der Waals surface area (Å²) < 4.78 is 19.6. The van der Waals surface area contributed by atoms with Crippen molar-refractivity contribution in [1.82, 2.24) is 19.8 Å². The van der Waals surface area contributed by atoms with Crippen LogP contribution >= 0.6 is 0 Å². The molecule has 1 saturated heterocycles. The summed E-state index contributed by atoms with van der Waals surface area (Å²) in [6, 6.07) is 12.6. The fraction of sp³-hybridized carbons (Fsp3) is 0.417. The molecule has 31 heavy (non-hydrogen) atoms. The molecule has 1 amide bonds. The third kappa shape index (κ3) is 4.14. The summed E-state index contributed by atoms with van der Waals surface area (Å²) in [7, 11) is 0. The van der Waals surface area contributed by atoms with E-state index in [9.17, 15) is 9.18 Å². The maximum absolute atomic E-state index is 13.5. The highest BCUT2D eigenvalue weighted by atomic mass is 19.1. The van der Waals surface area contributed by atoms with Crippen LogP contribution in [-0.2, 0) is 11.3 Å². The Morgan fingerprint density at radius 1 is 1.29 bits per heavy atom. The molecular formula is C24H27FN4O2. The van der Waals surface area contributed by atoms with Gasteiger partial charge < -0.3 is 14.6 Å². The Labute approximate surface area is 181 Å². The summed E-state index contributed by atoms with van der Waals surface area (Å²) in [5, 5.41) is 0. The molecule has 2 aliphatic rings. The lowest BCUT2D eigenvalue weighted by molar-refractivity contribution is -0.132. The van der Waals surface area contributed by atoms with Crippen molar-refractivity contribution in [2.45, 2.75) is 44.9 Å². The van der Waals surface area contributed by atoms with E-state index in [1.54, 1.807) is 6.07 Å². The van der Waals surface area contributed by atoms with Crippen LogP contribution in [0.3, 0.4) is 0 Å². The van der Waals surface area contributed by atoms with Gasteiger partial charge in [0.25, 0.3) is 0 Å². The lowest BCUT2D eigenvalue weighted by Crippen LogP contribution is -2.36. The molecule has 6 nitrogen and oxygen atoms in total. The van der Waals surface area contributed by atoms with Crippen molar-refractivity contribution >= 4 is 16.9 Å². The minimum Gasteiger partial charge on any atom is -0.489 e. The summed E-state index contributed by atoms with van der Waals surface area (Å²) >= 11 is 0. The zero-order chi connectivity index (χ0) is 21.4. The van der Waals surface area contributed by atoms with Crippen LogP contribution in [0.1, 0.15) is 43.6 Å². The number of carbonyl (C=O) groups is 1.